The predicted octanol–water partition coefficient (Wildman–Crippen LogP) is 1.82. The van der Waals surface area contributed by atoms with Crippen LogP contribution in [0.2, 0.25) is 0 Å². The van der Waals surface area contributed by atoms with Gasteiger partial charge in [-0.05, 0) is 36.4 Å². The standard InChI is InChI=1S/C18H20N2O7S2/c1-12-11-28(22,23)20(18(12)21)13-4-7-15(8-5-13)29(24,25)19-16-10-14(26-2)6-9-17(16)27-3/h4-10,12,19H,11H2,1-3H3/t12-/m0/s1. The minimum absolute atomic E-state index is 0.0947. The lowest BCUT2D eigenvalue weighted by atomic mass is 10.2. The van der Waals surface area contributed by atoms with E-state index in [2.05, 4.69) is 4.72 Å². The summed E-state index contributed by atoms with van der Waals surface area (Å²) < 4.78 is 63.2. The molecule has 9 nitrogen and oxygen atoms in total. The van der Waals surface area contributed by atoms with Crippen LogP contribution in [0.5, 0.6) is 11.5 Å². The van der Waals surface area contributed by atoms with Crippen molar-refractivity contribution in [3.05, 3.63) is 42.5 Å². The third-order valence-electron chi connectivity index (χ3n) is 4.39. The molecule has 0 spiro atoms. The van der Waals surface area contributed by atoms with Gasteiger partial charge in [0.1, 0.15) is 11.5 Å². The Morgan fingerprint density at radius 1 is 1.07 bits per heavy atom. The van der Waals surface area contributed by atoms with Crippen molar-refractivity contribution in [2.24, 2.45) is 5.92 Å². The number of amides is 1. The predicted molar refractivity (Wildman–Crippen MR) is 107 cm³/mol. The zero-order valence-electron chi connectivity index (χ0n) is 15.9. The average molecular weight is 440 g/mol. The van der Waals surface area contributed by atoms with Gasteiger partial charge < -0.3 is 9.47 Å². The summed E-state index contributed by atoms with van der Waals surface area (Å²) >= 11 is 0. The molecule has 1 atom stereocenters. The molecular weight excluding hydrogens is 420 g/mol. The van der Waals surface area contributed by atoms with Crippen LogP contribution in [0.25, 0.3) is 0 Å². The fourth-order valence-electron chi connectivity index (χ4n) is 2.95. The number of anilines is 2. The molecule has 0 aromatic heterocycles. The smallest absolute Gasteiger partial charge is 0.262 e. The van der Waals surface area contributed by atoms with E-state index in [-0.39, 0.29) is 22.0 Å². The molecule has 1 amide bonds. The number of nitrogens with one attached hydrogen (secondary N) is 1. The van der Waals surface area contributed by atoms with Crippen LogP contribution in [-0.2, 0) is 24.8 Å². The van der Waals surface area contributed by atoms with Gasteiger partial charge in [0.2, 0.25) is 15.9 Å². The van der Waals surface area contributed by atoms with Crippen LogP contribution in [0.3, 0.4) is 0 Å². The first-order chi connectivity index (χ1) is 13.6. The maximum Gasteiger partial charge on any atom is 0.262 e. The SMILES string of the molecule is COc1ccc(OC)c(NS(=O)(=O)c2ccc(N3C(=O)[C@@H](C)CS3(=O)=O)cc2)c1. The van der Waals surface area contributed by atoms with Crippen molar-refractivity contribution in [3.63, 3.8) is 0 Å². The molecular formula is C18H20N2O7S2. The number of hydrogen-bond donors (Lipinski definition) is 1. The zero-order valence-corrected chi connectivity index (χ0v) is 17.6. The monoisotopic (exact) mass is 440 g/mol. The van der Waals surface area contributed by atoms with Crippen molar-refractivity contribution in [3.8, 4) is 11.5 Å². The van der Waals surface area contributed by atoms with E-state index >= 15 is 0 Å². The molecule has 29 heavy (non-hydrogen) atoms. The summed E-state index contributed by atoms with van der Waals surface area (Å²) in [5.74, 6) is -0.729. The topological polar surface area (TPSA) is 119 Å². The van der Waals surface area contributed by atoms with Gasteiger partial charge in [0.25, 0.3) is 10.0 Å². The quantitative estimate of drug-likeness (QED) is 0.728. The summed E-state index contributed by atoms with van der Waals surface area (Å²) in [6.45, 7) is 1.53. The van der Waals surface area contributed by atoms with E-state index in [1.807, 2.05) is 0 Å². The Morgan fingerprint density at radius 3 is 2.24 bits per heavy atom. The molecule has 1 aliphatic rings. The minimum atomic E-state index is -4.00. The molecule has 2 aromatic rings. The molecule has 1 fully saturated rings. The third-order valence-corrected chi connectivity index (χ3v) is 7.64. The van der Waals surface area contributed by atoms with Gasteiger partial charge in [-0.1, -0.05) is 6.92 Å². The summed E-state index contributed by atoms with van der Waals surface area (Å²) in [5, 5.41) is 0. The van der Waals surface area contributed by atoms with Crippen molar-refractivity contribution in [1.82, 2.24) is 0 Å². The van der Waals surface area contributed by atoms with Gasteiger partial charge in [-0.15, -0.1) is 0 Å². The molecule has 3 rings (SSSR count). The molecule has 1 heterocycles. The first-order valence-corrected chi connectivity index (χ1v) is 11.6. The molecule has 0 bridgehead atoms. The molecule has 156 valence electrons. The summed E-state index contributed by atoms with van der Waals surface area (Å²) in [4.78, 5) is 12.1. The molecule has 0 unspecified atom stereocenters. The Bertz CT molecular complexity index is 1140. The maximum absolute atomic E-state index is 12.7. The highest BCUT2D eigenvalue weighted by Gasteiger charge is 2.42. The molecule has 1 aliphatic heterocycles. The number of ether oxygens (including phenoxy) is 2. The van der Waals surface area contributed by atoms with Crippen LogP contribution < -0.4 is 18.5 Å². The average Bonchev–Trinajstić information content (AvgIpc) is 2.88. The molecule has 1 N–H and O–H groups in total. The van der Waals surface area contributed by atoms with Crippen molar-refractivity contribution in [2.45, 2.75) is 11.8 Å². The van der Waals surface area contributed by atoms with E-state index < -0.39 is 31.9 Å². The number of hydrogen-bond acceptors (Lipinski definition) is 7. The second-order valence-corrected chi connectivity index (χ2v) is 9.99. The second kappa shape index (κ2) is 7.56. The highest BCUT2D eigenvalue weighted by atomic mass is 32.2. The van der Waals surface area contributed by atoms with Gasteiger partial charge >= 0.3 is 0 Å². The van der Waals surface area contributed by atoms with E-state index in [1.54, 1.807) is 12.1 Å². The van der Waals surface area contributed by atoms with Crippen LogP contribution in [-0.4, -0.2) is 42.7 Å². The maximum atomic E-state index is 12.7. The Hall–Kier alpha value is -2.79. The molecule has 1 saturated heterocycles. The van der Waals surface area contributed by atoms with E-state index in [0.717, 1.165) is 0 Å². The van der Waals surface area contributed by atoms with Gasteiger partial charge in [-0.25, -0.2) is 21.1 Å². The fourth-order valence-corrected chi connectivity index (χ4v) is 5.83. The van der Waals surface area contributed by atoms with Gasteiger partial charge in [-0.3, -0.25) is 9.52 Å². The number of nitrogens with zero attached hydrogens (tertiary/aromatic N) is 1. The molecule has 0 radical (unpaired) electrons. The largest absolute Gasteiger partial charge is 0.497 e. The van der Waals surface area contributed by atoms with Crippen LogP contribution in [0.15, 0.2) is 47.4 Å². The van der Waals surface area contributed by atoms with Crippen LogP contribution in [0.1, 0.15) is 6.92 Å². The molecule has 11 heteroatoms. The highest BCUT2D eigenvalue weighted by Crippen LogP contribution is 2.32. The number of rotatable bonds is 6. The zero-order chi connectivity index (χ0) is 21.4. The lowest BCUT2D eigenvalue weighted by Gasteiger charge is -2.16. The Balaban J connectivity index is 1.91. The van der Waals surface area contributed by atoms with Crippen LogP contribution in [0.4, 0.5) is 11.4 Å². The fraction of sp³-hybridized carbons (Fsp3) is 0.278. The first-order valence-electron chi connectivity index (χ1n) is 8.51. The Labute approximate surface area is 169 Å². The lowest BCUT2D eigenvalue weighted by Crippen LogP contribution is -2.30. The Kier molecular flexibility index (Phi) is 5.46. The van der Waals surface area contributed by atoms with Gasteiger partial charge in [0, 0.05) is 6.07 Å². The summed E-state index contributed by atoms with van der Waals surface area (Å²) in [7, 11) is -4.91. The normalized spacial score (nSPS) is 18.5. The van der Waals surface area contributed by atoms with Gasteiger partial charge in [0.15, 0.2) is 0 Å². The summed E-state index contributed by atoms with van der Waals surface area (Å²) in [5.41, 5.74) is 0.277. The van der Waals surface area contributed by atoms with E-state index in [1.165, 1.54) is 51.5 Å². The van der Waals surface area contributed by atoms with Gasteiger partial charge in [0.05, 0.1) is 42.2 Å². The van der Waals surface area contributed by atoms with Crippen LogP contribution >= 0.6 is 0 Å². The van der Waals surface area contributed by atoms with Crippen molar-refractivity contribution in [2.75, 3.05) is 29.0 Å². The number of sulfonamides is 2. The van der Waals surface area contributed by atoms with E-state index in [4.69, 9.17) is 9.47 Å². The molecule has 2 aromatic carbocycles. The van der Waals surface area contributed by atoms with Crippen molar-refractivity contribution >= 4 is 37.3 Å². The number of carbonyl (C=O) groups is 1. The van der Waals surface area contributed by atoms with E-state index in [9.17, 15) is 21.6 Å². The third kappa shape index (κ3) is 4.01. The highest BCUT2D eigenvalue weighted by molar-refractivity contribution is 7.94. The lowest BCUT2D eigenvalue weighted by molar-refractivity contribution is -0.119. The summed E-state index contributed by atoms with van der Waals surface area (Å²) in [6, 6.07) is 9.69. The van der Waals surface area contributed by atoms with E-state index in [0.29, 0.717) is 15.8 Å². The number of methoxy groups -OCH3 is 2. The first kappa shape index (κ1) is 20.9. The number of benzene rings is 2. The second-order valence-electron chi connectivity index (χ2n) is 6.45. The van der Waals surface area contributed by atoms with Crippen LogP contribution in [0, 0.1) is 5.92 Å². The van der Waals surface area contributed by atoms with Crippen molar-refractivity contribution in [1.29, 1.82) is 0 Å². The number of carbonyl (C=O) groups excluding carboxylic acids is 1. The minimum Gasteiger partial charge on any atom is -0.497 e. The van der Waals surface area contributed by atoms with Gasteiger partial charge in [-0.2, -0.15) is 0 Å². The molecule has 0 saturated carbocycles. The summed E-state index contributed by atoms with van der Waals surface area (Å²) in [6.07, 6.45) is 0. The Morgan fingerprint density at radius 2 is 1.72 bits per heavy atom. The molecule has 0 aliphatic carbocycles. The van der Waals surface area contributed by atoms with Crippen molar-refractivity contribution < 1.29 is 31.1 Å².